The minimum atomic E-state index is -2.61. The Labute approximate surface area is 219 Å². The van der Waals surface area contributed by atoms with Gasteiger partial charge >= 0.3 is 0 Å². The van der Waals surface area contributed by atoms with Gasteiger partial charge in [0.05, 0.1) is 0 Å². The Bertz CT molecular complexity index is 1590. The molecule has 0 aliphatic heterocycles. The molecule has 2 nitrogen and oxygen atoms in total. The third-order valence-corrected chi connectivity index (χ3v) is 18.5. The van der Waals surface area contributed by atoms with Crippen LogP contribution in [0.4, 0.5) is 0 Å². The highest BCUT2D eigenvalue weighted by Gasteiger charge is 2.44. The second-order valence-electron chi connectivity index (χ2n) is 9.45. The fraction of sp³-hybridized carbons (Fsp3) is 0.0303. The summed E-state index contributed by atoms with van der Waals surface area (Å²) in [5.74, 6) is 0.615. The molecule has 0 saturated carbocycles. The molecule has 0 atom stereocenters. The standard InChI is InChI=1S/C33H27O2PSi/c1-37(26-14-4-2-5-15-26,27-16-6-3-7-17-27)36(30-22-20-24-12-8-10-18-28(24)32(30)34)31-23-21-25-13-9-11-19-29(25)33(31)35/h2-23,34-35H,1H3. The molecule has 0 unspecified atom stereocenters. The summed E-state index contributed by atoms with van der Waals surface area (Å²) in [7, 11) is -3.80. The van der Waals surface area contributed by atoms with E-state index < -0.39 is 15.2 Å². The molecule has 0 aliphatic rings. The molecule has 6 rings (SSSR count). The molecule has 0 aromatic heterocycles. The van der Waals surface area contributed by atoms with E-state index in [0.29, 0.717) is 11.5 Å². The zero-order valence-electron chi connectivity index (χ0n) is 20.5. The second-order valence-corrected chi connectivity index (χ2v) is 18.4. The predicted octanol–water partition coefficient (Wildman–Crippen LogP) is 6.23. The van der Waals surface area contributed by atoms with Crippen molar-refractivity contribution >= 4 is 57.7 Å². The van der Waals surface area contributed by atoms with Crippen molar-refractivity contribution in [1.82, 2.24) is 0 Å². The SMILES string of the molecule is C[Si](c1ccccc1)(c1ccccc1)P(c1ccc2ccccc2c1O)c1ccc2ccccc2c1O. The third-order valence-electron chi connectivity index (χ3n) is 7.36. The van der Waals surface area contributed by atoms with Crippen LogP contribution in [0, 0.1) is 0 Å². The predicted molar refractivity (Wildman–Crippen MR) is 161 cm³/mol. The van der Waals surface area contributed by atoms with Crippen molar-refractivity contribution in [3.63, 3.8) is 0 Å². The van der Waals surface area contributed by atoms with Gasteiger partial charge in [-0.3, -0.25) is 0 Å². The smallest absolute Gasteiger partial charge is 0.150 e. The molecule has 180 valence electrons. The summed E-state index contributed by atoms with van der Waals surface area (Å²) in [6.45, 7) is 2.38. The van der Waals surface area contributed by atoms with Crippen LogP contribution in [0.3, 0.4) is 0 Å². The molecule has 0 spiro atoms. The third kappa shape index (κ3) is 3.92. The van der Waals surface area contributed by atoms with Crippen molar-refractivity contribution in [2.24, 2.45) is 0 Å². The zero-order valence-corrected chi connectivity index (χ0v) is 22.4. The van der Waals surface area contributed by atoms with Gasteiger partial charge in [-0.15, -0.1) is 0 Å². The van der Waals surface area contributed by atoms with Crippen LogP contribution in [-0.2, 0) is 0 Å². The largest absolute Gasteiger partial charge is 0.507 e. The fourth-order valence-electron chi connectivity index (χ4n) is 5.41. The van der Waals surface area contributed by atoms with Crippen molar-refractivity contribution in [2.75, 3.05) is 0 Å². The Balaban J connectivity index is 1.73. The molecule has 2 N–H and O–H groups in total. The lowest BCUT2D eigenvalue weighted by molar-refractivity contribution is 0.485. The Kier molecular flexibility index (Phi) is 6.04. The summed E-state index contributed by atoms with van der Waals surface area (Å²) in [6.07, 6.45) is 0. The highest BCUT2D eigenvalue weighted by atomic mass is 31.4. The monoisotopic (exact) mass is 514 g/mol. The summed E-state index contributed by atoms with van der Waals surface area (Å²) in [5.41, 5.74) is 0. The van der Waals surface area contributed by atoms with Crippen molar-refractivity contribution in [3.05, 3.63) is 133 Å². The maximum Gasteiger partial charge on any atom is 0.150 e. The van der Waals surface area contributed by atoms with E-state index in [4.69, 9.17) is 0 Å². The second kappa shape index (κ2) is 9.52. The highest BCUT2D eigenvalue weighted by Crippen LogP contribution is 2.50. The van der Waals surface area contributed by atoms with Crippen molar-refractivity contribution < 1.29 is 10.2 Å². The number of hydrogen-bond donors (Lipinski definition) is 2. The van der Waals surface area contributed by atoms with Gasteiger partial charge in [0, 0.05) is 21.4 Å². The van der Waals surface area contributed by atoms with Crippen LogP contribution >= 0.6 is 7.47 Å². The summed E-state index contributed by atoms with van der Waals surface area (Å²) in [4.78, 5) is 0. The summed E-state index contributed by atoms with van der Waals surface area (Å²) in [6, 6.07) is 45.6. The Morgan fingerprint density at radius 2 is 0.838 bits per heavy atom. The summed E-state index contributed by atoms with van der Waals surface area (Å²) < 4.78 is 0. The maximum atomic E-state index is 11.8. The zero-order chi connectivity index (χ0) is 25.4. The molecule has 0 heterocycles. The van der Waals surface area contributed by atoms with Gasteiger partial charge in [-0.25, -0.2) is 0 Å². The topological polar surface area (TPSA) is 40.5 Å². The quantitative estimate of drug-likeness (QED) is 0.212. The van der Waals surface area contributed by atoms with E-state index in [1.165, 1.54) is 10.4 Å². The van der Waals surface area contributed by atoms with Gasteiger partial charge in [0.1, 0.15) is 19.2 Å². The minimum absolute atomic E-state index is 0.308. The molecule has 0 amide bonds. The lowest BCUT2D eigenvalue weighted by Crippen LogP contribution is -2.57. The molecule has 0 fully saturated rings. The van der Waals surface area contributed by atoms with E-state index in [1.807, 2.05) is 60.7 Å². The molecule has 0 aliphatic carbocycles. The van der Waals surface area contributed by atoms with Crippen molar-refractivity contribution in [3.8, 4) is 11.5 Å². The molecule has 0 saturated heterocycles. The van der Waals surface area contributed by atoms with E-state index in [2.05, 4.69) is 79.3 Å². The number of phenolic OH excluding ortho intramolecular Hbond substituents is 2. The van der Waals surface area contributed by atoms with Gasteiger partial charge < -0.3 is 10.2 Å². The van der Waals surface area contributed by atoms with Gasteiger partial charge in [-0.1, -0.05) is 140 Å². The van der Waals surface area contributed by atoms with E-state index in [9.17, 15) is 10.2 Å². The van der Waals surface area contributed by atoms with E-state index in [-0.39, 0.29) is 0 Å². The first kappa shape index (κ1) is 23.5. The first-order valence-corrected chi connectivity index (χ1v) is 17.1. The van der Waals surface area contributed by atoms with Crippen LogP contribution in [0.1, 0.15) is 0 Å². The Morgan fingerprint density at radius 1 is 0.459 bits per heavy atom. The molecule has 4 heteroatoms. The van der Waals surface area contributed by atoms with E-state index in [0.717, 1.165) is 32.2 Å². The Morgan fingerprint density at radius 3 is 1.27 bits per heavy atom. The molecule has 37 heavy (non-hydrogen) atoms. The van der Waals surface area contributed by atoms with E-state index >= 15 is 0 Å². The normalized spacial score (nSPS) is 11.8. The molecule has 6 aromatic carbocycles. The Hall–Kier alpha value is -3.91. The van der Waals surface area contributed by atoms with Crippen molar-refractivity contribution in [1.29, 1.82) is 0 Å². The summed E-state index contributed by atoms with van der Waals surface area (Å²) >= 11 is 0. The molecule has 6 aromatic rings. The number of rotatable bonds is 5. The van der Waals surface area contributed by atoms with Gasteiger partial charge in [0.25, 0.3) is 0 Å². The van der Waals surface area contributed by atoms with Crippen LogP contribution in [0.5, 0.6) is 11.5 Å². The summed E-state index contributed by atoms with van der Waals surface area (Å²) in [5, 5.41) is 31.6. The average Bonchev–Trinajstić information content (AvgIpc) is 2.96. The number of phenols is 2. The number of aromatic hydroxyl groups is 2. The van der Waals surface area contributed by atoms with Crippen LogP contribution in [0.25, 0.3) is 21.5 Å². The molecular weight excluding hydrogens is 487 g/mol. The van der Waals surface area contributed by atoms with Gasteiger partial charge in [-0.2, -0.15) is 0 Å². The lowest BCUT2D eigenvalue weighted by atomic mass is 10.1. The first-order valence-electron chi connectivity index (χ1n) is 12.4. The fourth-order valence-corrected chi connectivity index (χ4v) is 16.7. The van der Waals surface area contributed by atoms with Gasteiger partial charge in [-0.05, 0) is 28.6 Å². The van der Waals surface area contributed by atoms with Crippen LogP contribution in [0.15, 0.2) is 133 Å². The van der Waals surface area contributed by atoms with E-state index in [1.54, 1.807) is 0 Å². The number of hydrogen-bond acceptors (Lipinski definition) is 2. The molecular formula is C33H27O2PSi. The van der Waals surface area contributed by atoms with Crippen molar-refractivity contribution in [2.45, 2.75) is 6.55 Å². The van der Waals surface area contributed by atoms with Gasteiger partial charge in [0.15, 0.2) is 0 Å². The van der Waals surface area contributed by atoms with Gasteiger partial charge in [0.2, 0.25) is 0 Å². The maximum absolute atomic E-state index is 11.8. The number of fused-ring (bicyclic) bond motifs is 2. The average molecular weight is 515 g/mol. The number of benzene rings is 6. The molecule has 0 radical (unpaired) electrons. The first-order chi connectivity index (χ1) is 18.1. The molecule has 0 bridgehead atoms. The van der Waals surface area contributed by atoms with Crippen LogP contribution in [-0.4, -0.2) is 18.0 Å². The van der Waals surface area contributed by atoms with Crippen LogP contribution < -0.4 is 21.0 Å². The lowest BCUT2D eigenvalue weighted by Gasteiger charge is -2.39. The highest BCUT2D eigenvalue weighted by molar-refractivity contribution is 8.08. The van der Waals surface area contributed by atoms with Crippen LogP contribution in [0.2, 0.25) is 6.55 Å². The minimum Gasteiger partial charge on any atom is -0.507 e.